The second kappa shape index (κ2) is 10.3. The number of amides is 1. The summed E-state index contributed by atoms with van der Waals surface area (Å²) < 4.78 is 29.4. The normalized spacial score (nSPS) is 18.1. The molecule has 2 aliphatic rings. The lowest BCUT2D eigenvalue weighted by Crippen LogP contribution is -2.50. The fraction of sp³-hybridized carbons (Fsp3) is 0.296. The molecule has 1 fully saturated rings. The van der Waals surface area contributed by atoms with E-state index in [2.05, 4.69) is 45.0 Å². The molecule has 0 spiro atoms. The van der Waals surface area contributed by atoms with Crippen molar-refractivity contribution in [2.45, 2.75) is 24.3 Å². The van der Waals surface area contributed by atoms with Crippen molar-refractivity contribution < 1.29 is 13.2 Å². The number of anilines is 3. The second-order valence-corrected chi connectivity index (χ2v) is 12.7. The van der Waals surface area contributed by atoms with Crippen molar-refractivity contribution in [1.29, 1.82) is 0 Å². The number of hydrogen-bond acceptors (Lipinski definition) is 5. The fourth-order valence-electron chi connectivity index (χ4n) is 5.07. The fourth-order valence-corrected chi connectivity index (χ4v) is 7.44. The Morgan fingerprint density at radius 2 is 1.81 bits per heavy atom. The van der Waals surface area contributed by atoms with Gasteiger partial charge in [-0.1, -0.05) is 45.7 Å². The molecule has 1 atom stereocenters. The van der Waals surface area contributed by atoms with Crippen LogP contribution >= 0.6 is 27.5 Å². The lowest BCUT2D eigenvalue weighted by molar-refractivity contribution is 0.102. The van der Waals surface area contributed by atoms with Gasteiger partial charge in [0.05, 0.1) is 22.1 Å². The molecule has 0 saturated carbocycles. The summed E-state index contributed by atoms with van der Waals surface area (Å²) in [5.41, 5.74) is 3.41. The average molecular weight is 604 g/mol. The molecule has 0 aromatic heterocycles. The molecule has 0 aliphatic carbocycles. The highest BCUT2D eigenvalue weighted by Gasteiger charge is 2.33. The summed E-state index contributed by atoms with van der Waals surface area (Å²) in [5.74, 6) is -0.406. The van der Waals surface area contributed by atoms with E-state index in [4.69, 9.17) is 11.6 Å². The Bertz CT molecular complexity index is 1470. The van der Waals surface area contributed by atoms with Crippen LogP contribution in [0.1, 0.15) is 22.8 Å². The molecule has 7 nitrogen and oxygen atoms in total. The van der Waals surface area contributed by atoms with Crippen LogP contribution in [0.4, 0.5) is 17.1 Å². The van der Waals surface area contributed by atoms with Crippen LogP contribution in [-0.4, -0.2) is 58.5 Å². The van der Waals surface area contributed by atoms with E-state index in [9.17, 15) is 13.2 Å². The highest BCUT2D eigenvalue weighted by atomic mass is 79.9. The smallest absolute Gasteiger partial charge is 0.265 e. The van der Waals surface area contributed by atoms with Gasteiger partial charge in [-0.3, -0.25) is 9.10 Å². The number of benzene rings is 3. The number of sulfonamides is 1. The highest BCUT2D eigenvalue weighted by molar-refractivity contribution is 9.10. The van der Waals surface area contributed by atoms with Crippen LogP contribution in [0.2, 0.25) is 5.02 Å². The van der Waals surface area contributed by atoms with E-state index in [-0.39, 0.29) is 21.5 Å². The number of piperazine rings is 1. The van der Waals surface area contributed by atoms with Crippen LogP contribution < -0.4 is 14.5 Å². The van der Waals surface area contributed by atoms with Gasteiger partial charge >= 0.3 is 0 Å². The van der Waals surface area contributed by atoms with Gasteiger partial charge in [0.2, 0.25) is 0 Å². The minimum Gasteiger partial charge on any atom is -0.365 e. The van der Waals surface area contributed by atoms with Crippen molar-refractivity contribution in [3.05, 3.63) is 81.3 Å². The number of likely N-dealkylation sites (N-methyl/N-ethyl adjacent to an activating group) is 1. The number of fused-ring (bicyclic) bond motifs is 1. The van der Waals surface area contributed by atoms with Gasteiger partial charge in [-0.25, -0.2) is 8.42 Å². The van der Waals surface area contributed by atoms with E-state index < -0.39 is 15.9 Å². The number of halogens is 2. The number of carbonyl (C=O) groups excluding carboxylic acids is 1. The molecule has 1 N–H and O–H groups in total. The van der Waals surface area contributed by atoms with Gasteiger partial charge in [-0.15, -0.1) is 0 Å². The Labute approximate surface area is 231 Å². The summed E-state index contributed by atoms with van der Waals surface area (Å²) in [7, 11) is -1.85. The van der Waals surface area contributed by atoms with Gasteiger partial charge in [-0.05, 0) is 68.4 Å². The first-order valence-electron chi connectivity index (χ1n) is 12.1. The van der Waals surface area contributed by atoms with Gasteiger partial charge in [0.25, 0.3) is 15.9 Å². The maximum Gasteiger partial charge on any atom is 0.265 e. The van der Waals surface area contributed by atoms with Crippen LogP contribution in [0.5, 0.6) is 0 Å². The quantitative estimate of drug-likeness (QED) is 0.432. The Morgan fingerprint density at radius 3 is 2.59 bits per heavy atom. The third-order valence-electron chi connectivity index (χ3n) is 6.95. The zero-order valence-electron chi connectivity index (χ0n) is 20.6. The average Bonchev–Trinajstić information content (AvgIpc) is 3.30. The molecular weight excluding hydrogens is 576 g/mol. The molecule has 3 aromatic carbocycles. The first-order valence-corrected chi connectivity index (χ1v) is 14.7. The standard InChI is InChI=1S/C27H28BrClN4O3S/c1-18-17-31(2)13-14-32(18)25-10-8-21(28)16-23(25)30-27(34)20-7-9-22(29)26(15-20)37(35,36)33-12-11-19-5-3-4-6-24(19)33/h3-10,15-16,18H,11-14,17H2,1-2H3,(H,30,34). The topological polar surface area (TPSA) is 73.0 Å². The largest absolute Gasteiger partial charge is 0.365 e. The zero-order valence-corrected chi connectivity index (χ0v) is 23.8. The highest BCUT2D eigenvalue weighted by Crippen LogP contribution is 2.36. The summed E-state index contributed by atoms with van der Waals surface area (Å²) >= 11 is 9.88. The molecule has 0 radical (unpaired) electrons. The van der Waals surface area contributed by atoms with Crippen molar-refractivity contribution in [3.63, 3.8) is 0 Å². The Balaban J connectivity index is 1.45. The molecule has 0 bridgehead atoms. The molecule has 1 saturated heterocycles. The van der Waals surface area contributed by atoms with Crippen molar-refractivity contribution >= 4 is 60.5 Å². The third-order valence-corrected chi connectivity index (χ3v) is 9.74. The summed E-state index contributed by atoms with van der Waals surface area (Å²) in [6, 6.07) is 17.9. The minimum absolute atomic E-state index is 0.0790. The summed E-state index contributed by atoms with van der Waals surface area (Å²) in [5, 5.41) is 3.08. The number of carbonyl (C=O) groups is 1. The lowest BCUT2D eigenvalue weighted by atomic mass is 10.1. The number of rotatable bonds is 5. The summed E-state index contributed by atoms with van der Waals surface area (Å²) in [6.07, 6.45) is 0.629. The van der Waals surface area contributed by atoms with E-state index in [1.165, 1.54) is 16.4 Å². The molecule has 1 unspecified atom stereocenters. The Morgan fingerprint density at radius 1 is 1.03 bits per heavy atom. The van der Waals surface area contributed by atoms with Crippen molar-refractivity contribution in [2.24, 2.45) is 0 Å². The van der Waals surface area contributed by atoms with Gasteiger partial charge < -0.3 is 15.1 Å². The second-order valence-electron chi connectivity index (χ2n) is 9.52. The van der Waals surface area contributed by atoms with Crippen LogP contribution in [0.15, 0.2) is 70.0 Å². The van der Waals surface area contributed by atoms with Gasteiger partial charge in [-0.2, -0.15) is 0 Å². The molecule has 2 heterocycles. The van der Waals surface area contributed by atoms with E-state index >= 15 is 0 Å². The molecule has 2 aliphatic heterocycles. The Kier molecular flexibility index (Phi) is 7.24. The molecule has 5 rings (SSSR count). The van der Waals surface area contributed by atoms with E-state index in [0.717, 1.165) is 35.4 Å². The van der Waals surface area contributed by atoms with Crippen molar-refractivity contribution in [2.75, 3.05) is 47.7 Å². The van der Waals surface area contributed by atoms with Crippen LogP contribution in [0.3, 0.4) is 0 Å². The summed E-state index contributed by atoms with van der Waals surface area (Å²) in [6.45, 7) is 5.17. The van der Waals surface area contributed by atoms with Gasteiger partial charge in [0.15, 0.2) is 0 Å². The molecule has 37 heavy (non-hydrogen) atoms. The van der Waals surface area contributed by atoms with Crippen molar-refractivity contribution in [3.8, 4) is 0 Å². The minimum atomic E-state index is -3.96. The molecular formula is C27H28BrClN4O3S. The molecule has 3 aromatic rings. The SMILES string of the molecule is CC1CN(C)CCN1c1ccc(Br)cc1NC(=O)c1ccc(Cl)c(S(=O)(=O)N2CCc3ccccc32)c1. The van der Waals surface area contributed by atoms with Crippen LogP contribution in [-0.2, 0) is 16.4 Å². The van der Waals surface area contributed by atoms with Crippen molar-refractivity contribution in [1.82, 2.24) is 4.90 Å². The van der Waals surface area contributed by atoms with Crippen LogP contribution in [0, 0.1) is 0 Å². The number of nitrogens with one attached hydrogen (secondary N) is 1. The Hall–Kier alpha value is -2.59. The molecule has 1 amide bonds. The molecule has 194 valence electrons. The predicted octanol–water partition coefficient (Wildman–Crippen LogP) is 5.25. The monoisotopic (exact) mass is 602 g/mol. The lowest BCUT2D eigenvalue weighted by Gasteiger charge is -2.40. The number of hydrogen-bond donors (Lipinski definition) is 1. The first-order chi connectivity index (χ1) is 17.6. The third kappa shape index (κ3) is 5.10. The maximum atomic E-state index is 13.6. The predicted molar refractivity (Wildman–Crippen MR) is 153 cm³/mol. The number of nitrogens with zero attached hydrogens (tertiary/aromatic N) is 3. The number of para-hydroxylation sites is 1. The zero-order chi connectivity index (χ0) is 26.3. The van der Waals surface area contributed by atoms with E-state index in [1.807, 2.05) is 36.4 Å². The van der Waals surface area contributed by atoms with E-state index in [0.29, 0.717) is 24.3 Å². The van der Waals surface area contributed by atoms with E-state index in [1.54, 1.807) is 12.1 Å². The summed E-state index contributed by atoms with van der Waals surface area (Å²) in [4.78, 5) is 17.9. The van der Waals surface area contributed by atoms with Gasteiger partial charge in [0, 0.05) is 42.3 Å². The maximum absolute atomic E-state index is 13.6. The van der Waals surface area contributed by atoms with Crippen LogP contribution in [0.25, 0.3) is 0 Å². The first kappa shape index (κ1) is 26.0. The van der Waals surface area contributed by atoms with Gasteiger partial charge in [0.1, 0.15) is 4.90 Å². The molecule has 10 heteroatoms.